The number of hydrogen-bond acceptors (Lipinski definition) is 6. The Morgan fingerprint density at radius 3 is 2.67 bits per heavy atom. The molecule has 1 heterocycles. The molecular formula is C15H16FN3O5. The van der Waals surface area contributed by atoms with Gasteiger partial charge in [-0.1, -0.05) is 0 Å². The predicted molar refractivity (Wildman–Crippen MR) is 80.4 cm³/mol. The van der Waals surface area contributed by atoms with Gasteiger partial charge in [0.15, 0.2) is 6.10 Å². The minimum atomic E-state index is -0.989. The number of nitrogens with one attached hydrogen (secondary N) is 1. The topological polar surface area (TPSA) is 103 Å². The Morgan fingerprint density at radius 1 is 1.38 bits per heavy atom. The van der Waals surface area contributed by atoms with Crippen molar-refractivity contribution in [1.82, 2.24) is 15.1 Å². The molecule has 8 nitrogen and oxygen atoms in total. The van der Waals surface area contributed by atoms with Crippen LogP contribution >= 0.6 is 0 Å². The highest BCUT2D eigenvalue weighted by Crippen LogP contribution is 2.15. The normalized spacial score (nSPS) is 11.8. The zero-order valence-corrected chi connectivity index (χ0v) is 13.1. The molecule has 0 saturated carbocycles. The standard InChI is InChI=1S/C15H16FN3O5/c1-3-17-13(21)9(2)23-12(20)8-19-15(22)24-14(18-19)10-4-6-11(16)7-5-10/h4-7,9H,3,8H2,1-2H3,(H,17,21). The zero-order valence-electron chi connectivity index (χ0n) is 13.1. The van der Waals surface area contributed by atoms with E-state index in [1.165, 1.54) is 31.2 Å². The van der Waals surface area contributed by atoms with Crippen molar-refractivity contribution in [1.29, 1.82) is 0 Å². The zero-order chi connectivity index (χ0) is 17.7. The van der Waals surface area contributed by atoms with Crippen LogP contribution in [-0.4, -0.2) is 34.3 Å². The second-order valence-corrected chi connectivity index (χ2v) is 4.86. The van der Waals surface area contributed by atoms with Crippen LogP contribution in [0.3, 0.4) is 0 Å². The van der Waals surface area contributed by atoms with Gasteiger partial charge < -0.3 is 14.5 Å². The van der Waals surface area contributed by atoms with Crippen molar-refractivity contribution in [2.75, 3.05) is 6.54 Å². The van der Waals surface area contributed by atoms with Crippen LogP contribution < -0.4 is 11.1 Å². The lowest BCUT2D eigenvalue weighted by atomic mass is 10.2. The summed E-state index contributed by atoms with van der Waals surface area (Å²) in [4.78, 5) is 35.0. The number of rotatable bonds is 6. The summed E-state index contributed by atoms with van der Waals surface area (Å²) in [6.45, 7) is 3.05. The van der Waals surface area contributed by atoms with E-state index in [1.54, 1.807) is 6.92 Å². The summed E-state index contributed by atoms with van der Waals surface area (Å²) in [5.41, 5.74) is 0.385. The summed E-state index contributed by atoms with van der Waals surface area (Å²) < 4.78 is 23.5. The van der Waals surface area contributed by atoms with Crippen molar-refractivity contribution < 1.29 is 23.1 Å². The fourth-order valence-electron chi connectivity index (χ4n) is 1.84. The summed E-state index contributed by atoms with van der Waals surface area (Å²) in [7, 11) is 0. The molecule has 9 heteroatoms. The molecule has 0 saturated heterocycles. The van der Waals surface area contributed by atoms with Crippen molar-refractivity contribution in [3.63, 3.8) is 0 Å². The number of nitrogens with zero attached hydrogens (tertiary/aromatic N) is 2. The highest BCUT2D eigenvalue weighted by molar-refractivity contribution is 5.83. The van der Waals surface area contributed by atoms with Gasteiger partial charge in [0.05, 0.1) is 0 Å². The molecule has 0 bridgehead atoms. The molecule has 0 aliphatic heterocycles. The number of halogens is 1. The molecule has 2 aromatic rings. The lowest BCUT2D eigenvalue weighted by Crippen LogP contribution is -2.36. The van der Waals surface area contributed by atoms with E-state index in [0.29, 0.717) is 12.1 Å². The summed E-state index contributed by atoms with van der Waals surface area (Å²) >= 11 is 0. The molecule has 0 spiro atoms. The molecule has 1 unspecified atom stereocenters. The van der Waals surface area contributed by atoms with Gasteiger partial charge in [0.2, 0.25) is 5.89 Å². The Balaban J connectivity index is 2.05. The lowest BCUT2D eigenvalue weighted by Gasteiger charge is -2.12. The molecule has 0 aliphatic rings. The maximum absolute atomic E-state index is 12.9. The highest BCUT2D eigenvalue weighted by Gasteiger charge is 2.19. The van der Waals surface area contributed by atoms with E-state index in [9.17, 15) is 18.8 Å². The number of amides is 1. The maximum Gasteiger partial charge on any atom is 0.437 e. The minimum absolute atomic E-state index is 0.0513. The third kappa shape index (κ3) is 4.28. The van der Waals surface area contributed by atoms with Crippen LogP contribution in [0.15, 0.2) is 33.5 Å². The van der Waals surface area contributed by atoms with Crippen LogP contribution in [0.2, 0.25) is 0 Å². The van der Waals surface area contributed by atoms with Gasteiger partial charge in [-0.25, -0.2) is 9.18 Å². The first-order chi connectivity index (χ1) is 11.4. The van der Waals surface area contributed by atoms with Crippen LogP contribution in [0.1, 0.15) is 13.8 Å². The molecule has 0 radical (unpaired) electrons. The number of benzene rings is 1. The summed E-state index contributed by atoms with van der Waals surface area (Å²) in [5, 5.41) is 6.36. The van der Waals surface area contributed by atoms with Crippen molar-refractivity contribution in [3.8, 4) is 11.5 Å². The summed E-state index contributed by atoms with van der Waals surface area (Å²) in [6.07, 6.45) is -0.989. The molecule has 24 heavy (non-hydrogen) atoms. The van der Waals surface area contributed by atoms with Gasteiger partial charge in [0.25, 0.3) is 5.91 Å². The molecule has 2 rings (SSSR count). The van der Waals surface area contributed by atoms with Gasteiger partial charge in [0, 0.05) is 12.1 Å². The second kappa shape index (κ2) is 7.53. The molecule has 0 fully saturated rings. The van der Waals surface area contributed by atoms with Crippen LogP contribution in [-0.2, 0) is 20.9 Å². The monoisotopic (exact) mass is 337 g/mol. The fourth-order valence-corrected chi connectivity index (χ4v) is 1.84. The molecule has 1 aromatic heterocycles. The molecular weight excluding hydrogens is 321 g/mol. The van der Waals surface area contributed by atoms with Crippen molar-refractivity contribution in [3.05, 3.63) is 40.6 Å². The van der Waals surface area contributed by atoms with Crippen molar-refractivity contribution in [2.45, 2.75) is 26.5 Å². The van der Waals surface area contributed by atoms with Crippen LogP contribution in [0, 0.1) is 5.82 Å². The Bertz CT molecular complexity index is 781. The third-order valence-electron chi connectivity index (χ3n) is 3.00. The summed E-state index contributed by atoms with van der Waals surface area (Å²) in [5.74, 6) is -2.61. The average Bonchev–Trinajstić information content (AvgIpc) is 2.89. The van der Waals surface area contributed by atoms with Gasteiger partial charge in [-0.2, -0.15) is 4.68 Å². The maximum atomic E-state index is 12.9. The van der Waals surface area contributed by atoms with E-state index in [-0.39, 0.29) is 5.89 Å². The summed E-state index contributed by atoms with van der Waals surface area (Å²) in [6, 6.07) is 5.16. The first kappa shape index (κ1) is 17.4. The fraction of sp³-hybridized carbons (Fsp3) is 0.333. The smallest absolute Gasteiger partial charge is 0.437 e. The van der Waals surface area contributed by atoms with Gasteiger partial charge in [-0.15, -0.1) is 5.10 Å². The SMILES string of the molecule is CCNC(=O)C(C)OC(=O)Cn1nc(-c2ccc(F)cc2)oc1=O. The minimum Gasteiger partial charge on any atom is -0.451 e. The van der Waals surface area contributed by atoms with E-state index >= 15 is 0 Å². The first-order valence-corrected chi connectivity index (χ1v) is 7.21. The molecule has 1 N–H and O–H groups in total. The molecule has 0 aliphatic carbocycles. The largest absolute Gasteiger partial charge is 0.451 e. The van der Waals surface area contributed by atoms with Crippen molar-refractivity contribution in [2.24, 2.45) is 0 Å². The van der Waals surface area contributed by atoms with Crippen molar-refractivity contribution >= 4 is 11.9 Å². The Morgan fingerprint density at radius 2 is 2.04 bits per heavy atom. The van der Waals surface area contributed by atoms with E-state index in [1.807, 2.05) is 0 Å². The van der Waals surface area contributed by atoms with E-state index in [0.717, 1.165) is 4.68 Å². The number of aromatic nitrogens is 2. The number of carbonyl (C=O) groups excluding carboxylic acids is 2. The molecule has 1 atom stereocenters. The molecule has 128 valence electrons. The number of ether oxygens (including phenoxy) is 1. The number of carbonyl (C=O) groups is 2. The average molecular weight is 337 g/mol. The van der Waals surface area contributed by atoms with Crippen LogP contribution in [0.25, 0.3) is 11.5 Å². The lowest BCUT2D eigenvalue weighted by molar-refractivity contribution is -0.155. The van der Waals surface area contributed by atoms with E-state index in [2.05, 4.69) is 10.4 Å². The first-order valence-electron chi connectivity index (χ1n) is 7.21. The number of likely N-dealkylation sites (N-methyl/N-ethyl adjacent to an activating group) is 1. The van der Waals surface area contributed by atoms with Gasteiger partial charge >= 0.3 is 11.7 Å². The van der Waals surface area contributed by atoms with Gasteiger partial charge in [0.1, 0.15) is 12.4 Å². The third-order valence-corrected chi connectivity index (χ3v) is 3.00. The van der Waals surface area contributed by atoms with Crippen LogP contribution in [0.5, 0.6) is 0 Å². The molecule has 1 aromatic carbocycles. The van der Waals surface area contributed by atoms with Gasteiger partial charge in [-0.3, -0.25) is 9.59 Å². The quantitative estimate of drug-likeness (QED) is 0.779. The predicted octanol–water partition coefficient (Wildman–Crippen LogP) is 0.710. The van der Waals surface area contributed by atoms with Gasteiger partial charge in [-0.05, 0) is 38.1 Å². The second-order valence-electron chi connectivity index (χ2n) is 4.86. The van der Waals surface area contributed by atoms with Crippen LogP contribution in [0.4, 0.5) is 4.39 Å². The Hall–Kier alpha value is -2.97. The number of hydrogen-bond donors (Lipinski definition) is 1. The Kier molecular flexibility index (Phi) is 5.46. The highest BCUT2D eigenvalue weighted by atomic mass is 19.1. The Labute approximate surface area is 136 Å². The van der Waals surface area contributed by atoms with E-state index in [4.69, 9.17) is 9.15 Å². The van der Waals surface area contributed by atoms with E-state index < -0.39 is 36.1 Å². The number of esters is 1. The molecule has 1 amide bonds.